The number of H-pyrrole nitrogens is 1. The highest BCUT2D eigenvalue weighted by molar-refractivity contribution is 6.32. The van der Waals surface area contributed by atoms with Crippen LogP contribution in [0.25, 0.3) is 11.3 Å². The summed E-state index contributed by atoms with van der Waals surface area (Å²) >= 11 is 5.69. The van der Waals surface area contributed by atoms with Gasteiger partial charge in [0, 0.05) is 17.3 Å². The largest absolute Gasteiger partial charge is 0.325 e. The Morgan fingerprint density at radius 2 is 2.16 bits per heavy atom. The smallest absolute Gasteiger partial charge is 0.264 e. The van der Waals surface area contributed by atoms with Gasteiger partial charge < -0.3 is 5.32 Å². The number of carbonyl (C=O) groups is 1. The number of benzene rings is 1. The number of aromatic amines is 1. The molecule has 0 saturated heterocycles. The van der Waals surface area contributed by atoms with E-state index in [4.69, 9.17) is 11.6 Å². The van der Waals surface area contributed by atoms with E-state index in [1.54, 1.807) is 31.2 Å². The lowest BCUT2D eigenvalue weighted by Crippen LogP contribution is -2.20. The van der Waals surface area contributed by atoms with Gasteiger partial charge in [-0.3, -0.25) is 9.59 Å². The van der Waals surface area contributed by atoms with Gasteiger partial charge in [-0.05, 0) is 25.1 Å². The standard InChI is InChI=1S/C13H12ClN3O2/c1-8(14)13(19)15-10-4-2-3-9(7-10)11-5-6-12(18)17-16-11/h2-8H,1H3,(H,15,19)(H,17,18). The molecule has 0 bridgehead atoms. The average Bonchev–Trinajstić information content (AvgIpc) is 2.39. The number of rotatable bonds is 3. The average molecular weight is 278 g/mol. The molecule has 2 aromatic rings. The van der Waals surface area contributed by atoms with Crippen LogP contribution in [0.1, 0.15) is 6.92 Å². The number of carbonyl (C=O) groups excluding carboxylic acids is 1. The molecule has 0 fully saturated rings. The first-order chi connectivity index (χ1) is 9.06. The molecule has 0 saturated carbocycles. The van der Waals surface area contributed by atoms with Gasteiger partial charge in [0.15, 0.2) is 0 Å². The second-order valence-corrected chi connectivity index (χ2v) is 4.65. The number of nitrogens with one attached hydrogen (secondary N) is 2. The van der Waals surface area contributed by atoms with Crippen molar-refractivity contribution >= 4 is 23.2 Å². The summed E-state index contributed by atoms with van der Waals surface area (Å²) in [4.78, 5) is 22.4. The fourth-order valence-electron chi connectivity index (χ4n) is 1.50. The molecule has 1 unspecified atom stereocenters. The molecular formula is C13H12ClN3O2. The number of halogens is 1. The summed E-state index contributed by atoms with van der Waals surface area (Å²) in [6, 6.07) is 10.2. The summed E-state index contributed by atoms with van der Waals surface area (Å²) in [6.07, 6.45) is 0. The monoisotopic (exact) mass is 277 g/mol. The van der Waals surface area contributed by atoms with E-state index >= 15 is 0 Å². The highest BCUT2D eigenvalue weighted by atomic mass is 35.5. The Kier molecular flexibility index (Phi) is 3.97. The van der Waals surface area contributed by atoms with E-state index in [-0.39, 0.29) is 11.5 Å². The van der Waals surface area contributed by atoms with E-state index in [2.05, 4.69) is 15.5 Å². The van der Waals surface area contributed by atoms with Gasteiger partial charge in [-0.25, -0.2) is 5.10 Å². The van der Waals surface area contributed by atoms with Crippen molar-refractivity contribution in [3.63, 3.8) is 0 Å². The summed E-state index contributed by atoms with van der Waals surface area (Å²) in [5.41, 5.74) is 1.78. The molecule has 1 aromatic carbocycles. The zero-order valence-corrected chi connectivity index (χ0v) is 10.9. The van der Waals surface area contributed by atoms with Gasteiger partial charge in [0.25, 0.3) is 5.56 Å². The Bertz CT molecular complexity index is 632. The summed E-state index contributed by atoms with van der Waals surface area (Å²) in [5.74, 6) is -0.270. The molecule has 2 N–H and O–H groups in total. The van der Waals surface area contributed by atoms with Crippen LogP contribution < -0.4 is 10.9 Å². The summed E-state index contributed by atoms with van der Waals surface area (Å²) in [5, 5.41) is 8.38. The molecule has 0 aliphatic rings. The van der Waals surface area contributed by atoms with Crippen LogP contribution in [0.3, 0.4) is 0 Å². The molecule has 2 rings (SSSR count). The van der Waals surface area contributed by atoms with E-state index in [0.717, 1.165) is 5.56 Å². The Morgan fingerprint density at radius 3 is 2.79 bits per heavy atom. The molecule has 19 heavy (non-hydrogen) atoms. The minimum atomic E-state index is -0.602. The van der Waals surface area contributed by atoms with Crippen molar-refractivity contribution < 1.29 is 4.79 Å². The number of alkyl halides is 1. The van der Waals surface area contributed by atoms with Gasteiger partial charge in [0.1, 0.15) is 5.38 Å². The van der Waals surface area contributed by atoms with Crippen LogP contribution in [-0.4, -0.2) is 21.5 Å². The first-order valence-electron chi connectivity index (χ1n) is 5.67. The molecule has 1 heterocycles. The maximum atomic E-state index is 11.5. The topological polar surface area (TPSA) is 74.8 Å². The Hall–Kier alpha value is -2.14. The van der Waals surface area contributed by atoms with Crippen LogP contribution in [0.5, 0.6) is 0 Å². The SMILES string of the molecule is CC(Cl)C(=O)Nc1cccc(-c2ccc(=O)[nH]n2)c1. The molecule has 0 aliphatic heterocycles. The van der Waals surface area contributed by atoms with E-state index in [9.17, 15) is 9.59 Å². The lowest BCUT2D eigenvalue weighted by atomic mass is 10.1. The number of nitrogens with zero attached hydrogens (tertiary/aromatic N) is 1. The number of aromatic nitrogens is 2. The van der Waals surface area contributed by atoms with Crippen LogP contribution in [0.2, 0.25) is 0 Å². The van der Waals surface area contributed by atoms with Gasteiger partial charge >= 0.3 is 0 Å². The van der Waals surface area contributed by atoms with Gasteiger partial charge in [0.2, 0.25) is 5.91 Å². The van der Waals surface area contributed by atoms with Gasteiger partial charge in [-0.2, -0.15) is 5.10 Å². The molecule has 6 heteroatoms. The number of hydrogen-bond acceptors (Lipinski definition) is 3. The summed E-state index contributed by atoms with van der Waals surface area (Å²) in [7, 11) is 0. The minimum Gasteiger partial charge on any atom is -0.325 e. The van der Waals surface area contributed by atoms with E-state index in [1.165, 1.54) is 6.07 Å². The molecule has 1 atom stereocenters. The molecule has 0 aliphatic carbocycles. The quantitative estimate of drug-likeness (QED) is 0.843. The van der Waals surface area contributed by atoms with Crippen molar-refractivity contribution in [2.24, 2.45) is 0 Å². The zero-order chi connectivity index (χ0) is 13.8. The zero-order valence-electron chi connectivity index (χ0n) is 10.2. The maximum absolute atomic E-state index is 11.5. The second kappa shape index (κ2) is 5.67. The molecule has 0 radical (unpaired) electrons. The van der Waals surface area contributed by atoms with Gasteiger partial charge in [-0.15, -0.1) is 11.6 Å². The van der Waals surface area contributed by atoms with E-state index < -0.39 is 5.38 Å². The van der Waals surface area contributed by atoms with Crippen molar-refractivity contribution in [2.45, 2.75) is 12.3 Å². The van der Waals surface area contributed by atoms with Gasteiger partial charge in [-0.1, -0.05) is 12.1 Å². The maximum Gasteiger partial charge on any atom is 0.264 e. The second-order valence-electron chi connectivity index (χ2n) is 3.99. The van der Waals surface area contributed by atoms with Gasteiger partial charge in [0.05, 0.1) is 5.69 Å². The number of hydrogen-bond donors (Lipinski definition) is 2. The third-order valence-electron chi connectivity index (χ3n) is 2.47. The Labute approximate surface area is 114 Å². The molecule has 5 nitrogen and oxygen atoms in total. The predicted octanol–water partition coefficient (Wildman–Crippen LogP) is 2.00. The van der Waals surface area contributed by atoms with Crippen molar-refractivity contribution in [2.75, 3.05) is 5.32 Å². The van der Waals surface area contributed by atoms with Crippen LogP contribution >= 0.6 is 11.6 Å². The Morgan fingerprint density at radius 1 is 1.37 bits per heavy atom. The lowest BCUT2D eigenvalue weighted by molar-refractivity contribution is -0.115. The first-order valence-corrected chi connectivity index (χ1v) is 6.11. The fourth-order valence-corrected chi connectivity index (χ4v) is 1.56. The van der Waals surface area contributed by atoms with Crippen molar-refractivity contribution in [3.8, 4) is 11.3 Å². The molecule has 0 spiro atoms. The van der Waals surface area contributed by atoms with Crippen molar-refractivity contribution in [3.05, 3.63) is 46.8 Å². The van der Waals surface area contributed by atoms with E-state index in [1.807, 2.05) is 6.07 Å². The highest BCUT2D eigenvalue weighted by Crippen LogP contribution is 2.19. The molecule has 1 aromatic heterocycles. The minimum absolute atomic E-state index is 0.260. The number of amides is 1. The predicted molar refractivity (Wildman–Crippen MR) is 74.2 cm³/mol. The normalized spacial score (nSPS) is 11.9. The van der Waals surface area contributed by atoms with Crippen LogP contribution in [0.4, 0.5) is 5.69 Å². The fraction of sp³-hybridized carbons (Fsp3) is 0.154. The Balaban J connectivity index is 2.26. The van der Waals surface area contributed by atoms with Crippen LogP contribution in [0.15, 0.2) is 41.2 Å². The summed E-state index contributed by atoms with van der Waals surface area (Å²) < 4.78 is 0. The van der Waals surface area contributed by atoms with Crippen LogP contribution in [-0.2, 0) is 4.79 Å². The van der Waals surface area contributed by atoms with Crippen LogP contribution in [0, 0.1) is 0 Å². The summed E-state index contributed by atoms with van der Waals surface area (Å²) in [6.45, 7) is 1.60. The molecule has 1 amide bonds. The number of anilines is 1. The van der Waals surface area contributed by atoms with E-state index in [0.29, 0.717) is 11.4 Å². The molecular weight excluding hydrogens is 266 g/mol. The highest BCUT2D eigenvalue weighted by Gasteiger charge is 2.09. The first kappa shape index (κ1) is 13.3. The molecule has 98 valence electrons. The lowest BCUT2D eigenvalue weighted by Gasteiger charge is -2.08. The third kappa shape index (κ3) is 3.42. The third-order valence-corrected chi connectivity index (χ3v) is 2.66. The van der Waals surface area contributed by atoms with Crippen molar-refractivity contribution in [1.29, 1.82) is 0 Å². The van der Waals surface area contributed by atoms with Crippen molar-refractivity contribution in [1.82, 2.24) is 10.2 Å².